The number of aliphatic carboxylic acids is 1. The molecule has 2 aromatic rings. The van der Waals surface area contributed by atoms with Gasteiger partial charge in [-0.15, -0.1) is 0 Å². The van der Waals surface area contributed by atoms with Gasteiger partial charge in [-0.25, -0.2) is 17.6 Å². The van der Waals surface area contributed by atoms with E-state index in [4.69, 9.17) is 9.52 Å². The first-order valence-electron chi connectivity index (χ1n) is 6.30. The van der Waals surface area contributed by atoms with E-state index in [1.54, 1.807) is 6.92 Å². The molecular formula is C12H13FN2O6S. The number of fused-ring (bicyclic) bond motifs is 1. The first-order valence-corrected chi connectivity index (χ1v) is 7.74. The second-order valence-electron chi connectivity index (χ2n) is 4.53. The van der Waals surface area contributed by atoms with Gasteiger partial charge in [-0.05, 0) is 6.42 Å². The van der Waals surface area contributed by atoms with E-state index in [2.05, 4.69) is 4.98 Å². The Labute approximate surface area is 124 Å². The summed E-state index contributed by atoms with van der Waals surface area (Å²) < 4.78 is 44.2. The Balaban J connectivity index is 2.57. The van der Waals surface area contributed by atoms with Crippen LogP contribution in [0.25, 0.3) is 11.1 Å². The molecule has 1 aromatic carbocycles. The number of aromatic nitrogens is 1. The van der Waals surface area contributed by atoms with Gasteiger partial charge in [0, 0.05) is 18.7 Å². The Bertz CT molecular complexity index is 869. The predicted molar refractivity (Wildman–Crippen MR) is 73.5 cm³/mol. The first kappa shape index (κ1) is 16.2. The lowest BCUT2D eigenvalue weighted by Crippen LogP contribution is -2.36. The van der Waals surface area contributed by atoms with E-state index in [9.17, 15) is 22.4 Å². The highest BCUT2D eigenvalue weighted by Crippen LogP contribution is 2.24. The molecule has 0 bridgehead atoms. The third kappa shape index (κ3) is 3.02. The number of benzene rings is 1. The zero-order valence-electron chi connectivity index (χ0n) is 11.5. The second-order valence-corrected chi connectivity index (χ2v) is 6.43. The monoisotopic (exact) mass is 332 g/mol. The number of carboxylic acids is 1. The number of nitrogens with one attached hydrogen (secondary N) is 1. The van der Waals surface area contributed by atoms with Gasteiger partial charge in [0.1, 0.15) is 17.3 Å². The fourth-order valence-corrected chi connectivity index (χ4v) is 3.52. The van der Waals surface area contributed by atoms with Crippen LogP contribution < -0.4 is 5.76 Å². The summed E-state index contributed by atoms with van der Waals surface area (Å²) in [5, 5.41) is 8.80. The molecule has 8 nitrogen and oxygen atoms in total. The minimum absolute atomic E-state index is 0.0155. The molecule has 0 spiro atoms. The Morgan fingerprint density at radius 2 is 2.14 bits per heavy atom. The van der Waals surface area contributed by atoms with Crippen molar-refractivity contribution < 1.29 is 27.1 Å². The lowest BCUT2D eigenvalue weighted by Gasteiger charge is -2.19. The second kappa shape index (κ2) is 5.89. The van der Waals surface area contributed by atoms with Crippen molar-refractivity contribution in [2.24, 2.45) is 0 Å². The number of oxazole rings is 1. The maximum atomic E-state index is 14.0. The van der Waals surface area contributed by atoms with E-state index >= 15 is 0 Å². The van der Waals surface area contributed by atoms with E-state index < -0.39 is 39.0 Å². The molecule has 0 atom stereocenters. The van der Waals surface area contributed by atoms with Gasteiger partial charge in [0.25, 0.3) is 0 Å². The predicted octanol–water partition coefficient (Wildman–Crippen LogP) is 0.746. The van der Waals surface area contributed by atoms with Crippen LogP contribution in [-0.2, 0) is 14.8 Å². The normalized spacial score (nSPS) is 12.1. The minimum atomic E-state index is -4.37. The standard InChI is InChI=1S/C12H13FN2O6S/c1-2-3-15(6-11(16)17)22(19,20)10-5-9-8(4-7(10)13)14-12(18)21-9/h4-5H,2-3,6H2,1H3,(H,14,18)(H,16,17). The topological polar surface area (TPSA) is 121 Å². The summed E-state index contributed by atoms with van der Waals surface area (Å²) in [6, 6.07) is 1.68. The van der Waals surface area contributed by atoms with E-state index in [1.165, 1.54) is 0 Å². The third-order valence-electron chi connectivity index (χ3n) is 2.88. The summed E-state index contributed by atoms with van der Waals surface area (Å²) in [6.07, 6.45) is 0.357. The first-order chi connectivity index (χ1) is 10.3. The minimum Gasteiger partial charge on any atom is -0.480 e. The molecule has 0 saturated carbocycles. The number of carboxylic acid groups (broad SMARTS) is 1. The Kier molecular flexibility index (Phi) is 4.33. The van der Waals surface area contributed by atoms with Crippen molar-refractivity contribution in [1.82, 2.24) is 9.29 Å². The van der Waals surface area contributed by atoms with Gasteiger partial charge in [-0.3, -0.25) is 9.78 Å². The van der Waals surface area contributed by atoms with Gasteiger partial charge < -0.3 is 9.52 Å². The van der Waals surface area contributed by atoms with Crippen LogP contribution in [-0.4, -0.2) is 41.9 Å². The molecule has 0 saturated heterocycles. The van der Waals surface area contributed by atoms with Crippen LogP contribution in [0.15, 0.2) is 26.2 Å². The SMILES string of the molecule is CCCN(CC(=O)O)S(=O)(=O)c1cc2oc(=O)[nH]c2cc1F. The quantitative estimate of drug-likeness (QED) is 0.805. The number of hydrogen-bond donors (Lipinski definition) is 2. The number of hydrogen-bond acceptors (Lipinski definition) is 5. The highest BCUT2D eigenvalue weighted by Gasteiger charge is 2.29. The molecule has 0 unspecified atom stereocenters. The van der Waals surface area contributed by atoms with Crippen molar-refractivity contribution in [2.75, 3.05) is 13.1 Å². The highest BCUT2D eigenvalue weighted by atomic mass is 32.2. The van der Waals surface area contributed by atoms with Gasteiger partial charge in [0.2, 0.25) is 10.0 Å². The smallest absolute Gasteiger partial charge is 0.417 e. The number of nitrogens with zero attached hydrogens (tertiary/aromatic N) is 1. The van der Waals surface area contributed by atoms with Crippen molar-refractivity contribution in [2.45, 2.75) is 18.2 Å². The molecule has 1 heterocycles. The number of sulfonamides is 1. The number of carbonyl (C=O) groups is 1. The van der Waals surface area contributed by atoms with Crippen LogP contribution in [0.2, 0.25) is 0 Å². The van der Waals surface area contributed by atoms with E-state index in [0.29, 0.717) is 10.7 Å². The summed E-state index contributed by atoms with van der Waals surface area (Å²) in [6.45, 7) is 0.795. The Morgan fingerprint density at radius 3 is 2.73 bits per heavy atom. The van der Waals surface area contributed by atoms with Crippen molar-refractivity contribution >= 4 is 27.1 Å². The van der Waals surface area contributed by atoms with E-state index in [1.807, 2.05) is 0 Å². The molecule has 0 aliphatic rings. The molecule has 0 radical (unpaired) electrons. The zero-order valence-corrected chi connectivity index (χ0v) is 12.3. The van der Waals surface area contributed by atoms with Gasteiger partial charge in [-0.1, -0.05) is 6.92 Å². The molecule has 0 amide bonds. The van der Waals surface area contributed by atoms with Crippen molar-refractivity contribution in [3.63, 3.8) is 0 Å². The molecule has 120 valence electrons. The number of halogens is 1. The van der Waals surface area contributed by atoms with Crippen LogP contribution >= 0.6 is 0 Å². The Morgan fingerprint density at radius 1 is 1.45 bits per heavy atom. The summed E-state index contributed by atoms with van der Waals surface area (Å²) in [5.74, 6) is -3.30. The maximum Gasteiger partial charge on any atom is 0.417 e. The molecule has 10 heteroatoms. The molecule has 0 aliphatic heterocycles. The van der Waals surface area contributed by atoms with Crippen LogP contribution in [0.5, 0.6) is 0 Å². The number of aromatic amines is 1. The van der Waals surface area contributed by atoms with E-state index in [0.717, 1.165) is 12.1 Å². The molecule has 0 aliphatic carbocycles. The fourth-order valence-electron chi connectivity index (χ4n) is 1.97. The van der Waals surface area contributed by atoms with Gasteiger partial charge in [-0.2, -0.15) is 4.31 Å². The lowest BCUT2D eigenvalue weighted by molar-refractivity contribution is -0.137. The van der Waals surface area contributed by atoms with Gasteiger partial charge in [0.15, 0.2) is 5.58 Å². The average molecular weight is 332 g/mol. The fraction of sp³-hybridized carbons (Fsp3) is 0.333. The van der Waals surface area contributed by atoms with Crippen LogP contribution in [0.4, 0.5) is 4.39 Å². The van der Waals surface area contributed by atoms with Crippen LogP contribution in [0, 0.1) is 5.82 Å². The average Bonchev–Trinajstić information content (AvgIpc) is 2.75. The summed E-state index contributed by atoms with van der Waals surface area (Å²) in [5.41, 5.74) is -0.113. The van der Waals surface area contributed by atoms with Crippen LogP contribution in [0.3, 0.4) is 0 Å². The lowest BCUT2D eigenvalue weighted by atomic mass is 10.3. The summed E-state index contributed by atoms with van der Waals surface area (Å²) in [4.78, 5) is 23.3. The summed E-state index contributed by atoms with van der Waals surface area (Å²) >= 11 is 0. The van der Waals surface area contributed by atoms with E-state index in [-0.39, 0.29) is 17.6 Å². The molecule has 0 fully saturated rings. The molecule has 2 rings (SSSR count). The highest BCUT2D eigenvalue weighted by molar-refractivity contribution is 7.89. The van der Waals surface area contributed by atoms with Gasteiger partial charge in [0.05, 0.1) is 5.52 Å². The Hall–Kier alpha value is -2.20. The van der Waals surface area contributed by atoms with Crippen molar-refractivity contribution in [1.29, 1.82) is 0 Å². The molecule has 2 N–H and O–H groups in total. The van der Waals surface area contributed by atoms with Gasteiger partial charge >= 0.3 is 11.7 Å². The zero-order chi connectivity index (χ0) is 16.5. The summed E-state index contributed by atoms with van der Waals surface area (Å²) in [7, 11) is -4.37. The maximum absolute atomic E-state index is 14.0. The largest absolute Gasteiger partial charge is 0.480 e. The molecule has 22 heavy (non-hydrogen) atoms. The van der Waals surface area contributed by atoms with Crippen LogP contribution in [0.1, 0.15) is 13.3 Å². The third-order valence-corrected chi connectivity index (χ3v) is 4.74. The number of H-pyrrole nitrogens is 1. The van der Waals surface area contributed by atoms with Crippen molar-refractivity contribution in [3.8, 4) is 0 Å². The molecular weight excluding hydrogens is 319 g/mol. The van der Waals surface area contributed by atoms with Crippen molar-refractivity contribution in [3.05, 3.63) is 28.5 Å². The molecule has 1 aromatic heterocycles. The number of rotatable bonds is 6.